The van der Waals surface area contributed by atoms with Gasteiger partial charge in [0.05, 0.1) is 6.04 Å². The van der Waals surface area contributed by atoms with E-state index in [0.717, 1.165) is 17.5 Å². The number of fused-ring (bicyclic) bond motifs is 1. The third-order valence-electron chi connectivity index (χ3n) is 6.01. The quantitative estimate of drug-likeness (QED) is 0.672. The minimum Gasteiger partial charge on any atom is -0.368 e. The monoisotopic (exact) mass is 398 g/mol. The Kier molecular flexibility index (Phi) is 5.17. The van der Waals surface area contributed by atoms with Crippen LogP contribution in [0.3, 0.4) is 0 Å². The number of hydrogen-bond acceptors (Lipinski definition) is 2. The Hall–Kier alpha value is -3.40. The highest BCUT2D eigenvalue weighted by molar-refractivity contribution is 5.98. The van der Waals surface area contributed by atoms with E-state index >= 15 is 0 Å². The van der Waals surface area contributed by atoms with E-state index in [0.29, 0.717) is 5.56 Å². The lowest BCUT2D eigenvalue weighted by molar-refractivity contribution is -0.123. The van der Waals surface area contributed by atoms with E-state index < -0.39 is 11.9 Å². The maximum atomic E-state index is 13.8. The molecule has 0 fully saturated rings. The largest absolute Gasteiger partial charge is 0.368 e. The van der Waals surface area contributed by atoms with E-state index in [-0.39, 0.29) is 17.4 Å². The van der Waals surface area contributed by atoms with Gasteiger partial charge in [-0.15, -0.1) is 0 Å². The van der Waals surface area contributed by atoms with Gasteiger partial charge in [-0.3, -0.25) is 9.59 Å². The maximum absolute atomic E-state index is 13.8. The van der Waals surface area contributed by atoms with Crippen molar-refractivity contribution in [3.63, 3.8) is 0 Å². The molecule has 2 atom stereocenters. The Labute approximate surface area is 177 Å². The number of nitrogens with two attached hydrogens (primary N) is 1. The average molecular weight is 399 g/mol. The number of benzene rings is 3. The molecule has 1 unspecified atom stereocenters. The molecule has 1 aliphatic carbocycles. The summed E-state index contributed by atoms with van der Waals surface area (Å²) >= 11 is 0. The predicted molar refractivity (Wildman–Crippen MR) is 118 cm³/mol. The summed E-state index contributed by atoms with van der Waals surface area (Å²) in [6, 6.07) is 25.5. The normalized spacial score (nSPS) is 17.7. The fourth-order valence-corrected chi connectivity index (χ4v) is 4.62. The molecule has 0 aromatic heterocycles. The van der Waals surface area contributed by atoms with Gasteiger partial charge in [0.1, 0.15) is 6.04 Å². The van der Waals surface area contributed by atoms with Gasteiger partial charge in [-0.2, -0.15) is 0 Å². The van der Waals surface area contributed by atoms with E-state index in [1.807, 2.05) is 60.7 Å². The smallest absolute Gasteiger partial charge is 0.255 e. The second-order valence-corrected chi connectivity index (χ2v) is 8.49. The Morgan fingerprint density at radius 1 is 0.900 bits per heavy atom. The standard InChI is InChI=1S/C26H26N2O2/c1-26(2)17-22(20-15-9-10-16-21(20)26)28(25(30)19-13-7-4-8-14-19)23(24(27)29)18-11-5-3-6-12-18/h3-16,22-23H,17H2,1-2H3,(H2,27,29)/t22-,23?/m1/s1. The second kappa shape index (κ2) is 7.79. The van der Waals surface area contributed by atoms with E-state index in [9.17, 15) is 9.59 Å². The van der Waals surface area contributed by atoms with Crippen LogP contribution in [0.2, 0.25) is 0 Å². The van der Waals surface area contributed by atoms with Crippen LogP contribution in [-0.4, -0.2) is 16.7 Å². The van der Waals surface area contributed by atoms with Gasteiger partial charge in [0.15, 0.2) is 0 Å². The summed E-state index contributed by atoms with van der Waals surface area (Å²) in [6.45, 7) is 4.36. The van der Waals surface area contributed by atoms with Crippen LogP contribution in [-0.2, 0) is 10.2 Å². The van der Waals surface area contributed by atoms with Crippen molar-refractivity contribution in [1.82, 2.24) is 4.90 Å². The molecule has 0 heterocycles. The molecule has 0 saturated carbocycles. The molecule has 0 saturated heterocycles. The minimum absolute atomic E-state index is 0.116. The van der Waals surface area contributed by atoms with Gasteiger partial charge in [0, 0.05) is 5.56 Å². The number of rotatable bonds is 5. The molecule has 30 heavy (non-hydrogen) atoms. The topological polar surface area (TPSA) is 63.4 Å². The zero-order valence-corrected chi connectivity index (χ0v) is 17.3. The zero-order valence-electron chi connectivity index (χ0n) is 17.3. The van der Waals surface area contributed by atoms with Crippen molar-refractivity contribution in [2.75, 3.05) is 0 Å². The van der Waals surface area contributed by atoms with E-state index in [1.54, 1.807) is 17.0 Å². The van der Waals surface area contributed by atoms with Crippen LogP contribution in [0.4, 0.5) is 0 Å². The number of hydrogen-bond donors (Lipinski definition) is 1. The van der Waals surface area contributed by atoms with Crippen molar-refractivity contribution in [3.05, 3.63) is 107 Å². The molecule has 4 heteroatoms. The lowest BCUT2D eigenvalue weighted by atomic mass is 9.86. The summed E-state index contributed by atoms with van der Waals surface area (Å²) in [5.41, 5.74) is 9.34. The Morgan fingerprint density at radius 2 is 1.47 bits per heavy atom. The van der Waals surface area contributed by atoms with E-state index in [4.69, 9.17) is 5.73 Å². The highest BCUT2D eigenvalue weighted by Gasteiger charge is 2.45. The SMILES string of the molecule is CC1(C)C[C@@H](N(C(=O)c2ccccc2)C(C(N)=O)c2ccccc2)c2ccccc21. The molecule has 4 nitrogen and oxygen atoms in total. The fraction of sp³-hybridized carbons (Fsp3) is 0.231. The van der Waals surface area contributed by atoms with Gasteiger partial charge in [-0.05, 0) is 40.7 Å². The molecule has 0 aliphatic heterocycles. The van der Waals surface area contributed by atoms with Crippen LogP contribution in [0, 0.1) is 0 Å². The van der Waals surface area contributed by atoms with Crippen LogP contribution in [0.15, 0.2) is 84.9 Å². The lowest BCUT2D eigenvalue weighted by Gasteiger charge is -2.36. The Morgan fingerprint density at radius 3 is 2.10 bits per heavy atom. The molecule has 4 rings (SSSR count). The summed E-state index contributed by atoms with van der Waals surface area (Å²) in [5.74, 6) is -0.728. The van der Waals surface area contributed by atoms with Gasteiger partial charge in [0.2, 0.25) is 5.91 Å². The third-order valence-corrected chi connectivity index (χ3v) is 6.01. The number of amides is 2. The molecule has 0 spiro atoms. The molecule has 3 aromatic rings. The van der Waals surface area contributed by atoms with E-state index in [2.05, 4.69) is 26.0 Å². The highest BCUT2D eigenvalue weighted by Crippen LogP contribution is 2.49. The molecular formula is C26H26N2O2. The van der Waals surface area contributed by atoms with Crippen molar-refractivity contribution in [3.8, 4) is 0 Å². The summed E-state index contributed by atoms with van der Waals surface area (Å²) in [6.07, 6.45) is 0.724. The van der Waals surface area contributed by atoms with Crippen molar-refractivity contribution < 1.29 is 9.59 Å². The fourth-order valence-electron chi connectivity index (χ4n) is 4.62. The van der Waals surface area contributed by atoms with Crippen LogP contribution >= 0.6 is 0 Å². The number of primary amides is 1. The third kappa shape index (κ3) is 3.50. The van der Waals surface area contributed by atoms with Crippen LogP contribution in [0.5, 0.6) is 0 Å². The molecule has 2 N–H and O–H groups in total. The predicted octanol–water partition coefficient (Wildman–Crippen LogP) is 4.78. The maximum Gasteiger partial charge on any atom is 0.255 e. The molecule has 1 aliphatic rings. The van der Waals surface area contributed by atoms with E-state index in [1.165, 1.54) is 5.56 Å². The Bertz CT molecular complexity index is 1060. The number of nitrogens with zero attached hydrogens (tertiary/aromatic N) is 1. The van der Waals surface area contributed by atoms with Gasteiger partial charge in [-0.1, -0.05) is 86.6 Å². The van der Waals surface area contributed by atoms with Gasteiger partial charge >= 0.3 is 0 Å². The first kappa shape index (κ1) is 19.9. The highest BCUT2D eigenvalue weighted by atomic mass is 16.2. The first-order valence-corrected chi connectivity index (χ1v) is 10.2. The molecule has 3 aromatic carbocycles. The van der Waals surface area contributed by atoms with Crippen molar-refractivity contribution in [2.24, 2.45) is 5.73 Å². The first-order chi connectivity index (χ1) is 14.4. The molecule has 2 amide bonds. The molecule has 0 bridgehead atoms. The molecule has 152 valence electrons. The van der Waals surface area contributed by atoms with Crippen molar-refractivity contribution in [1.29, 1.82) is 0 Å². The minimum atomic E-state index is -0.856. The molecular weight excluding hydrogens is 372 g/mol. The van der Waals surface area contributed by atoms with Crippen LogP contribution in [0.25, 0.3) is 0 Å². The summed E-state index contributed by atoms with van der Waals surface area (Å²) < 4.78 is 0. The van der Waals surface area contributed by atoms with Crippen LogP contribution in [0.1, 0.15) is 59.4 Å². The van der Waals surface area contributed by atoms with Crippen molar-refractivity contribution >= 4 is 11.8 Å². The molecule has 0 radical (unpaired) electrons. The van der Waals surface area contributed by atoms with Crippen molar-refractivity contribution in [2.45, 2.75) is 37.8 Å². The van der Waals surface area contributed by atoms with Gasteiger partial charge < -0.3 is 10.6 Å². The number of carbonyl (C=O) groups is 2. The second-order valence-electron chi connectivity index (χ2n) is 8.49. The summed E-state index contributed by atoms with van der Waals surface area (Å²) in [5, 5.41) is 0. The summed E-state index contributed by atoms with van der Waals surface area (Å²) in [4.78, 5) is 28.2. The lowest BCUT2D eigenvalue weighted by Crippen LogP contribution is -2.43. The van der Waals surface area contributed by atoms with Gasteiger partial charge in [0.25, 0.3) is 5.91 Å². The zero-order chi connectivity index (χ0) is 21.3. The van der Waals surface area contributed by atoms with Gasteiger partial charge in [-0.25, -0.2) is 0 Å². The number of carbonyl (C=O) groups excluding carboxylic acids is 2. The van der Waals surface area contributed by atoms with Crippen LogP contribution < -0.4 is 5.73 Å². The average Bonchev–Trinajstić information content (AvgIpc) is 3.03. The first-order valence-electron chi connectivity index (χ1n) is 10.2. The summed E-state index contributed by atoms with van der Waals surface area (Å²) in [7, 11) is 0. The Balaban J connectivity index is 1.89.